The predicted octanol–water partition coefficient (Wildman–Crippen LogP) is 4.09. The van der Waals surface area contributed by atoms with Gasteiger partial charge in [-0.25, -0.2) is 8.78 Å². The van der Waals surface area contributed by atoms with E-state index < -0.39 is 46.9 Å². The van der Waals surface area contributed by atoms with Crippen LogP contribution in [0.5, 0.6) is 5.75 Å². The molecule has 0 aliphatic carbocycles. The maximum atomic E-state index is 13.6. The Labute approximate surface area is 170 Å². The van der Waals surface area contributed by atoms with Crippen LogP contribution in [0.25, 0.3) is 0 Å². The molecule has 0 amide bonds. The van der Waals surface area contributed by atoms with Crippen molar-refractivity contribution < 1.29 is 37.3 Å². The predicted molar refractivity (Wildman–Crippen MR) is 98.6 cm³/mol. The highest BCUT2D eigenvalue weighted by Gasteiger charge is 2.38. The molecule has 9 heteroatoms. The highest BCUT2D eigenvalue weighted by atomic mass is 19.4. The van der Waals surface area contributed by atoms with E-state index >= 15 is 0 Å². The van der Waals surface area contributed by atoms with E-state index in [1.54, 1.807) is 6.92 Å². The first-order chi connectivity index (χ1) is 13.9. The van der Waals surface area contributed by atoms with Crippen LogP contribution in [0, 0.1) is 11.6 Å². The molecule has 0 radical (unpaired) electrons. The summed E-state index contributed by atoms with van der Waals surface area (Å²) >= 11 is 0. The van der Waals surface area contributed by atoms with Crippen molar-refractivity contribution in [1.82, 2.24) is 4.90 Å². The second-order valence-corrected chi connectivity index (χ2v) is 7.66. The number of aliphatic hydroxyl groups is 2. The van der Waals surface area contributed by atoms with Crippen LogP contribution in [-0.2, 0) is 11.8 Å². The maximum Gasteiger partial charge on any atom is 0.416 e. The highest BCUT2D eigenvalue weighted by molar-refractivity contribution is 5.32. The average molecular weight is 431 g/mol. The van der Waals surface area contributed by atoms with E-state index in [2.05, 4.69) is 0 Å². The number of phenolic OH excluding ortho intramolecular Hbond substituents is 1. The lowest BCUT2D eigenvalue weighted by molar-refractivity contribution is -0.137. The van der Waals surface area contributed by atoms with E-state index in [0.717, 1.165) is 24.3 Å². The molecule has 1 unspecified atom stereocenters. The second kappa shape index (κ2) is 8.13. The molecule has 164 valence electrons. The minimum atomic E-state index is -4.46. The lowest BCUT2D eigenvalue weighted by Crippen LogP contribution is -2.47. The lowest BCUT2D eigenvalue weighted by atomic mass is 9.83. The fourth-order valence-electron chi connectivity index (χ4n) is 3.79. The van der Waals surface area contributed by atoms with Gasteiger partial charge in [-0.3, -0.25) is 4.90 Å². The Bertz CT molecular complexity index is 870. The van der Waals surface area contributed by atoms with Gasteiger partial charge in [0.05, 0.1) is 17.3 Å². The molecule has 0 aromatic heterocycles. The number of phenols is 1. The van der Waals surface area contributed by atoms with Crippen molar-refractivity contribution in [3.63, 3.8) is 0 Å². The van der Waals surface area contributed by atoms with Gasteiger partial charge in [0.15, 0.2) is 17.4 Å². The zero-order chi connectivity index (χ0) is 22.3. The molecule has 0 spiro atoms. The first-order valence-corrected chi connectivity index (χ1v) is 9.42. The summed E-state index contributed by atoms with van der Waals surface area (Å²) in [6.07, 6.45) is -5.27. The zero-order valence-corrected chi connectivity index (χ0v) is 16.1. The molecule has 0 bridgehead atoms. The van der Waals surface area contributed by atoms with Crippen molar-refractivity contribution in [3.8, 4) is 5.75 Å². The van der Waals surface area contributed by atoms with Crippen molar-refractivity contribution in [2.45, 2.75) is 43.7 Å². The number of hydrogen-bond acceptors (Lipinski definition) is 4. The van der Waals surface area contributed by atoms with Gasteiger partial charge in [0, 0.05) is 19.1 Å². The largest absolute Gasteiger partial charge is 0.503 e. The van der Waals surface area contributed by atoms with Crippen LogP contribution >= 0.6 is 0 Å². The van der Waals surface area contributed by atoms with Gasteiger partial charge in [-0.2, -0.15) is 13.2 Å². The van der Waals surface area contributed by atoms with Gasteiger partial charge in [-0.05, 0) is 55.2 Å². The van der Waals surface area contributed by atoms with Crippen molar-refractivity contribution in [2.24, 2.45) is 0 Å². The van der Waals surface area contributed by atoms with Crippen LogP contribution in [0.1, 0.15) is 42.6 Å². The van der Waals surface area contributed by atoms with Crippen LogP contribution < -0.4 is 0 Å². The minimum absolute atomic E-state index is 0.0288. The molecule has 4 nitrogen and oxygen atoms in total. The van der Waals surface area contributed by atoms with E-state index in [-0.39, 0.29) is 18.4 Å². The molecule has 30 heavy (non-hydrogen) atoms. The number of hydrogen-bond donors (Lipinski definition) is 3. The normalized spacial score (nSPS) is 19.5. The Morgan fingerprint density at radius 1 is 1.00 bits per heavy atom. The summed E-state index contributed by atoms with van der Waals surface area (Å²) in [5.74, 6) is -3.46. The van der Waals surface area contributed by atoms with E-state index in [1.807, 2.05) is 4.90 Å². The standard InChI is InChI=1S/C21H22F5NO3/c1-12(18(28)13-10-16(22)19(29)17(23)11-13)27-8-6-20(30,7-9-27)14-2-4-15(5-3-14)21(24,25)26/h2-5,10-12,18,28-30H,6-9H2,1H3/t12-,18?/m1/s1. The minimum Gasteiger partial charge on any atom is -0.503 e. The monoisotopic (exact) mass is 431 g/mol. The van der Waals surface area contributed by atoms with Crippen molar-refractivity contribution in [3.05, 3.63) is 64.7 Å². The number of aromatic hydroxyl groups is 1. The number of halogens is 5. The van der Waals surface area contributed by atoms with Gasteiger partial charge in [-0.1, -0.05) is 12.1 Å². The van der Waals surface area contributed by atoms with E-state index in [4.69, 9.17) is 0 Å². The molecule has 0 saturated carbocycles. The SMILES string of the molecule is C[C@H](C(O)c1cc(F)c(O)c(F)c1)N1CCC(O)(c2ccc(C(F)(F)F)cc2)CC1. The fourth-order valence-corrected chi connectivity index (χ4v) is 3.79. The molecule has 1 aliphatic heterocycles. The Balaban J connectivity index is 1.68. The maximum absolute atomic E-state index is 13.6. The third-order valence-electron chi connectivity index (χ3n) is 5.79. The van der Waals surface area contributed by atoms with Crippen LogP contribution in [0.3, 0.4) is 0 Å². The van der Waals surface area contributed by atoms with Gasteiger partial charge in [0.2, 0.25) is 0 Å². The first-order valence-electron chi connectivity index (χ1n) is 9.42. The molecule has 1 aliphatic rings. The Morgan fingerprint density at radius 3 is 1.97 bits per heavy atom. The van der Waals surface area contributed by atoms with Gasteiger partial charge in [0.25, 0.3) is 0 Å². The molecule has 3 N–H and O–H groups in total. The number of rotatable bonds is 4. The molecule has 1 heterocycles. The first kappa shape index (κ1) is 22.5. The van der Waals surface area contributed by atoms with Gasteiger partial charge in [0.1, 0.15) is 0 Å². The van der Waals surface area contributed by atoms with Gasteiger partial charge in [-0.15, -0.1) is 0 Å². The lowest BCUT2D eigenvalue weighted by Gasteiger charge is -2.42. The van der Waals surface area contributed by atoms with Crippen molar-refractivity contribution >= 4 is 0 Å². The van der Waals surface area contributed by atoms with Crippen LogP contribution in [0.2, 0.25) is 0 Å². The summed E-state index contributed by atoms with van der Waals surface area (Å²) in [5, 5.41) is 30.6. The Morgan fingerprint density at radius 2 is 1.50 bits per heavy atom. The number of piperidine rings is 1. The number of nitrogens with zero attached hydrogens (tertiary/aromatic N) is 1. The molecule has 2 aromatic carbocycles. The van der Waals surface area contributed by atoms with E-state index in [0.29, 0.717) is 18.7 Å². The number of benzene rings is 2. The van der Waals surface area contributed by atoms with Crippen molar-refractivity contribution in [2.75, 3.05) is 13.1 Å². The summed E-state index contributed by atoms with van der Waals surface area (Å²) in [6, 6.07) is 5.56. The van der Waals surface area contributed by atoms with Crippen LogP contribution in [0.4, 0.5) is 22.0 Å². The molecule has 3 rings (SSSR count). The number of alkyl halides is 3. The van der Waals surface area contributed by atoms with E-state index in [1.165, 1.54) is 12.1 Å². The summed E-state index contributed by atoms with van der Waals surface area (Å²) in [5.41, 5.74) is -1.75. The summed E-state index contributed by atoms with van der Waals surface area (Å²) < 4.78 is 65.4. The smallest absolute Gasteiger partial charge is 0.416 e. The topological polar surface area (TPSA) is 63.9 Å². The molecule has 1 saturated heterocycles. The molecular formula is C21H22F5NO3. The Hall–Kier alpha value is -2.23. The summed E-state index contributed by atoms with van der Waals surface area (Å²) in [4.78, 5) is 1.83. The zero-order valence-electron chi connectivity index (χ0n) is 16.1. The van der Waals surface area contributed by atoms with Crippen molar-refractivity contribution in [1.29, 1.82) is 0 Å². The summed E-state index contributed by atoms with van der Waals surface area (Å²) in [6.45, 7) is 2.30. The van der Waals surface area contributed by atoms with Crippen LogP contribution in [0.15, 0.2) is 36.4 Å². The van der Waals surface area contributed by atoms with Gasteiger partial charge >= 0.3 is 6.18 Å². The fraction of sp³-hybridized carbons (Fsp3) is 0.429. The van der Waals surface area contributed by atoms with Gasteiger partial charge < -0.3 is 15.3 Å². The second-order valence-electron chi connectivity index (χ2n) is 7.66. The summed E-state index contributed by atoms with van der Waals surface area (Å²) in [7, 11) is 0. The molecular weight excluding hydrogens is 409 g/mol. The number of likely N-dealkylation sites (tertiary alicyclic amines) is 1. The molecule has 2 aromatic rings. The third-order valence-corrected chi connectivity index (χ3v) is 5.79. The van der Waals surface area contributed by atoms with E-state index in [9.17, 15) is 37.3 Å². The Kier molecular flexibility index (Phi) is 6.08. The quantitative estimate of drug-likeness (QED) is 0.638. The van der Waals surface area contributed by atoms with Crippen LogP contribution in [-0.4, -0.2) is 39.4 Å². The number of aliphatic hydroxyl groups excluding tert-OH is 1. The molecule has 1 fully saturated rings. The third kappa shape index (κ3) is 4.43. The molecule has 2 atom stereocenters. The average Bonchev–Trinajstić information content (AvgIpc) is 2.70. The highest BCUT2D eigenvalue weighted by Crippen LogP contribution is 2.37.